The lowest BCUT2D eigenvalue weighted by Crippen LogP contribution is -2.39. The third kappa shape index (κ3) is 5.51. The average Bonchev–Trinajstić information content (AvgIpc) is 2.74. The molecule has 28 heavy (non-hydrogen) atoms. The Kier molecular flexibility index (Phi) is 6.94. The number of nitrogens with one attached hydrogen (secondary N) is 2. The van der Waals surface area contributed by atoms with Crippen molar-refractivity contribution in [3.8, 4) is 0 Å². The van der Waals surface area contributed by atoms with E-state index in [1.807, 2.05) is 6.07 Å². The summed E-state index contributed by atoms with van der Waals surface area (Å²) in [5, 5.41) is 6.07. The van der Waals surface area contributed by atoms with Gasteiger partial charge in [-0.1, -0.05) is 6.07 Å². The van der Waals surface area contributed by atoms with E-state index in [0.717, 1.165) is 45.1 Å². The van der Waals surface area contributed by atoms with Crippen LogP contribution in [0.25, 0.3) is 0 Å². The molecular formula is C20H24N4O4. The molecule has 0 aliphatic carbocycles. The van der Waals surface area contributed by atoms with Crippen LogP contribution in [0.5, 0.6) is 0 Å². The number of ether oxygens (including phenoxy) is 2. The molecular weight excluding hydrogens is 360 g/mol. The maximum atomic E-state index is 12.5. The molecule has 1 aromatic heterocycles. The van der Waals surface area contributed by atoms with E-state index in [1.165, 1.54) is 7.11 Å². The molecule has 1 saturated heterocycles. The lowest BCUT2D eigenvalue weighted by molar-refractivity contribution is 0.0398. The molecule has 1 fully saturated rings. The maximum Gasteiger partial charge on any atom is 0.337 e. The Hall–Kier alpha value is -2.97. The summed E-state index contributed by atoms with van der Waals surface area (Å²) in [6.07, 6.45) is 1.59. The minimum absolute atomic E-state index is 0.292. The van der Waals surface area contributed by atoms with Crippen molar-refractivity contribution in [3.05, 3.63) is 53.9 Å². The smallest absolute Gasteiger partial charge is 0.337 e. The van der Waals surface area contributed by atoms with Gasteiger partial charge in [0.1, 0.15) is 5.69 Å². The van der Waals surface area contributed by atoms with Crippen molar-refractivity contribution in [1.29, 1.82) is 0 Å². The number of morpholine rings is 1. The zero-order valence-corrected chi connectivity index (χ0v) is 15.8. The minimum atomic E-state index is -0.458. The first-order valence-corrected chi connectivity index (χ1v) is 9.15. The van der Waals surface area contributed by atoms with E-state index in [2.05, 4.69) is 20.5 Å². The third-order valence-electron chi connectivity index (χ3n) is 4.39. The van der Waals surface area contributed by atoms with Gasteiger partial charge in [0.15, 0.2) is 0 Å². The first-order chi connectivity index (χ1) is 13.7. The molecule has 0 unspecified atom stereocenters. The van der Waals surface area contributed by atoms with E-state index in [0.29, 0.717) is 16.9 Å². The summed E-state index contributed by atoms with van der Waals surface area (Å²) in [6.45, 7) is 5.11. The fraction of sp³-hybridized carbons (Fsp3) is 0.350. The quantitative estimate of drug-likeness (QED) is 0.704. The monoisotopic (exact) mass is 384 g/mol. The lowest BCUT2D eigenvalue weighted by atomic mass is 10.2. The van der Waals surface area contributed by atoms with Crippen LogP contribution < -0.4 is 10.6 Å². The predicted molar refractivity (Wildman–Crippen MR) is 106 cm³/mol. The molecule has 1 aliphatic heterocycles. The fourth-order valence-corrected chi connectivity index (χ4v) is 2.88. The number of esters is 1. The highest BCUT2D eigenvalue weighted by Crippen LogP contribution is 2.14. The summed E-state index contributed by atoms with van der Waals surface area (Å²) in [7, 11) is 1.31. The van der Waals surface area contributed by atoms with Gasteiger partial charge in [0.05, 0.1) is 25.9 Å². The number of hydrogen-bond donors (Lipinski definition) is 2. The van der Waals surface area contributed by atoms with Crippen molar-refractivity contribution in [1.82, 2.24) is 9.88 Å². The van der Waals surface area contributed by atoms with Crippen LogP contribution in [0, 0.1) is 0 Å². The molecule has 2 aromatic rings. The molecule has 0 atom stereocenters. The highest BCUT2D eigenvalue weighted by atomic mass is 16.5. The van der Waals surface area contributed by atoms with E-state index >= 15 is 0 Å². The Labute approximate surface area is 163 Å². The Morgan fingerprint density at radius 1 is 1.18 bits per heavy atom. The zero-order valence-electron chi connectivity index (χ0n) is 15.8. The van der Waals surface area contributed by atoms with Gasteiger partial charge in [0.2, 0.25) is 0 Å². The molecule has 2 N–H and O–H groups in total. The SMILES string of the molecule is COC(=O)c1cccc(NC(=O)c2cc(NCCN3CCOCC3)ccn2)c1. The van der Waals surface area contributed by atoms with Crippen LogP contribution >= 0.6 is 0 Å². The molecule has 3 rings (SSSR count). The van der Waals surface area contributed by atoms with Crippen LogP contribution in [-0.4, -0.2) is 68.3 Å². The van der Waals surface area contributed by atoms with Crippen molar-refractivity contribution in [2.24, 2.45) is 0 Å². The number of nitrogens with zero attached hydrogens (tertiary/aromatic N) is 2. The van der Waals surface area contributed by atoms with E-state index in [4.69, 9.17) is 9.47 Å². The number of rotatable bonds is 7. The van der Waals surface area contributed by atoms with Gasteiger partial charge in [-0.3, -0.25) is 14.7 Å². The summed E-state index contributed by atoms with van der Waals surface area (Å²) in [5.41, 5.74) is 1.99. The second kappa shape index (κ2) is 9.82. The molecule has 2 heterocycles. The average molecular weight is 384 g/mol. The second-order valence-electron chi connectivity index (χ2n) is 6.34. The van der Waals surface area contributed by atoms with E-state index in [-0.39, 0.29) is 5.91 Å². The van der Waals surface area contributed by atoms with Crippen LogP contribution in [0.2, 0.25) is 0 Å². The van der Waals surface area contributed by atoms with Crippen molar-refractivity contribution in [3.63, 3.8) is 0 Å². The predicted octanol–water partition coefficient (Wildman–Crippen LogP) is 1.86. The Morgan fingerprint density at radius 2 is 2.00 bits per heavy atom. The van der Waals surface area contributed by atoms with E-state index in [9.17, 15) is 9.59 Å². The lowest BCUT2D eigenvalue weighted by Gasteiger charge is -2.26. The van der Waals surface area contributed by atoms with Crippen LogP contribution in [0.4, 0.5) is 11.4 Å². The Balaban J connectivity index is 1.56. The molecule has 148 valence electrons. The van der Waals surface area contributed by atoms with Crippen molar-refractivity contribution >= 4 is 23.3 Å². The fourth-order valence-electron chi connectivity index (χ4n) is 2.88. The highest BCUT2D eigenvalue weighted by Gasteiger charge is 2.12. The summed E-state index contributed by atoms with van der Waals surface area (Å²) in [5.74, 6) is -0.806. The Bertz CT molecular complexity index is 821. The van der Waals surface area contributed by atoms with Gasteiger partial charge in [0, 0.05) is 43.8 Å². The van der Waals surface area contributed by atoms with Gasteiger partial charge < -0.3 is 20.1 Å². The summed E-state index contributed by atoms with van der Waals surface area (Å²) in [6, 6.07) is 10.1. The number of benzene rings is 1. The number of anilines is 2. The van der Waals surface area contributed by atoms with Gasteiger partial charge in [-0.25, -0.2) is 4.79 Å². The molecule has 0 radical (unpaired) electrons. The number of carbonyl (C=O) groups is 2. The zero-order chi connectivity index (χ0) is 19.8. The van der Waals surface area contributed by atoms with E-state index < -0.39 is 5.97 Å². The minimum Gasteiger partial charge on any atom is -0.465 e. The number of methoxy groups -OCH3 is 1. The van der Waals surface area contributed by atoms with Gasteiger partial charge in [-0.05, 0) is 30.3 Å². The summed E-state index contributed by atoms with van der Waals surface area (Å²) >= 11 is 0. The number of amides is 1. The molecule has 8 nitrogen and oxygen atoms in total. The van der Waals surface area contributed by atoms with Crippen molar-refractivity contribution in [2.45, 2.75) is 0 Å². The number of pyridine rings is 1. The first-order valence-electron chi connectivity index (χ1n) is 9.15. The standard InChI is InChI=1S/C20H24N4O4/c1-27-20(26)15-3-2-4-17(13-15)23-19(25)18-14-16(5-6-22-18)21-7-8-24-9-11-28-12-10-24/h2-6,13-14H,7-12H2,1H3,(H,21,22)(H,23,25). The molecule has 1 amide bonds. The van der Waals surface area contributed by atoms with Gasteiger partial charge in [-0.15, -0.1) is 0 Å². The number of hydrogen-bond acceptors (Lipinski definition) is 7. The van der Waals surface area contributed by atoms with Gasteiger partial charge in [-0.2, -0.15) is 0 Å². The summed E-state index contributed by atoms with van der Waals surface area (Å²) in [4.78, 5) is 30.6. The van der Waals surface area contributed by atoms with Crippen LogP contribution in [0.1, 0.15) is 20.8 Å². The topological polar surface area (TPSA) is 92.8 Å². The third-order valence-corrected chi connectivity index (χ3v) is 4.39. The molecule has 0 saturated carbocycles. The van der Waals surface area contributed by atoms with Crippen LogP contribution in [0.3, 0.4) is 0 Å². The molecule has 1 aromatic carbocycles. The van der Waals surface area contributed by atoms with Crippen LogP contribution in [0.15, 0.2) is 42.6 Å². The maximum absolute atomic E-state index is 12.5. The first kappa shape index (κ1) is 19.8. The highest BCUT2D eigenvalue weighted by molar-refractivity contribution is 6.04. The Morgan fingerprint density at radius 3 is 2.79 bits per heavy atom. The molecule has 0 spiro atoms. The van der Waals surface area contributed by atoms with Crippen molar-refractivity contribution in [2.75, 3.05) is 57.1 Å². The molecule has 8 heteroatoms. The van der Waals surface area contributed by atoms with E-state index in [1.54, 1.807) is 36.5 Å². The normalized spacial score (nSPS) is 14.3. The van der Waals surface area contributed by atoms with Crippen molar-refractivity contribution < 1.29 is 19.1 Å². The number of aromatic nitrogens is 1. The summed E-state index contributed by atoms with van der Waals surface area (Å²) < 4.78 is 10.0. The van der Waals surface area contributed by atoms with Gasteiger partial charge >= 0.3 is 5.97 Å². The van der Waals surface area contributed by atoms with Crippen LogP contribution in [-0.2, 0) is 9.47 Å². The largest absolute Gasteiger partial charge is 0.465 e. The second-order valence-corrected chi connectivity index (χ2v) is 6.34. The molecule has 1 aliphatic rings. The van der Waals surface area contributed by atoms with Gasteiger partial charge in [0.25, 0.3) is 5.91 Å². The number of carbonyl (C=O) groups excluding carboxylic acids is 2. The molecule has 0 bridgehead atoms.